The third-order valence-electron chi connectivity index (χ3n) is 0.887. The quantitative estimate of drug-likeness (QED) is 0.277. The van der Waals surface area contributed by atoms with Crippen LogP contribution < -0.4 is 22.9 Å². The van der Waals surface area contributed by atoms with Gasteiger partial charge in [-0.15, -0.1) is 0 Å². The number of aliphatic imine (C=N–C) groups is 1. The van der Waals surface area contributed by atoms with Crippen LogP contribution in [-0.2, 0) is 0 Å². The monoisotopic (exact) mass is 168 g/mol. The van der Waals surface area contributed by atoms with Gasteiger partial charge in [-0.05, 0) is 0 Å². The molecular weight excluding hydrogens is 160 g/mol. The predicted octanol–water partition coefficient (Wildman–Crippen LogP) is -2.06. The minimum atomic E-state index is -0.167. The average molecular weight is 168 g/mol. The van der Waals surface area contributed by atoms with Gasteiger partial charge in [0.25, 0.3) is 5.95 Å². The van der Waals surface area contributed by atoms with Crippen LogP contribution in [0.4, 0.5) is 17.8 Å². The number of nitrogen functional groups attached to an aromatic ring is 2. The summed E-state index contributed by atoms with van der Waals surface area (Å²) in [5, 5.41) is 0. The molecule has 0 amide bonds. The fraction of sp³-hybridized carbons (Fsp3) is 0. The number of anilines is 2. The van der Waals surface area contributed by atoms with Crippen LogP contribution in [0.5, 0.6) is 0 Å². The Labute approximate surface area is 67.7 Å². The van der Waals surface area contributed by atoms with Gasteiger partial charge in [0.1, 0.15) is 0 Å². The van der Waals surface area contributed by atoms with E-state index in [0.29, 0.717) is 0 Å². The number of aromatic nitrogens is 3. The summed E-state index contributed by atoms with van der Waals surface area (Å²) in [4.78, 5) is 14.3. The maximum atomic E-state index is 5.24. The second kappa shape index (κ2) is 2.86. The fourth-order valence-corrected chi connectivity index (χ4v) is 0.563. The van der Waals surface area contributed by atoms with Gasteiger partial charge in [0.15, 0.2) is 5.96 Å². The van der Waals surface area contributed by atoms with Crippen molar-refractivity contribution in [3.63, 3.8) is 0 Å². The number of hydrogen-bond acceptors (Lipinski definition) is 6. The second-order valence-electron chi connectivity index (χ2n) is 1.89. The van der Waals surface area contributed by atoms with Gasteiger partial charge in [-0.1, -0.05) is 0 Å². The summed E-state index contributed by atoms with van der Waals surface area (Å²) in [6, 6.07) is 0. The summed E-state index contributed by atoms with van der Waals surface area (Å²) >= 11 is 0. The molecule has 12 heavy (non-hydrogen) atoms. The zero-order valence-corrected chi connectivity index (χ0v) is 6.10. The van der Waals surface area contributed by atoms with Gasteiger partial charge in [-0.25, -0.2) is 0 Å². The van der Waals surface area contributed by atoms with Gasteiger partial charge >= 0.3 is 0 Å². The molecule has 1 heterocycles. The molecule has 0 aliphatic carbocycles. The van der Waals surface area contributed by atoms with Crippen LogP contribution in [0, 0.1) is 0 Å². The van der Waals surface area contributed by atoms with Crippen LogP contribution in [-0.4, -0.2) is 20.9 Å². The zero-order valence-electron chi connectivity index (χ0n) is 6.10. The first kappa shape index (κ1) is 7.98. The summed E-state index contributed by atoms with van der Waals surface area (Å²) < 4.78 is 0. The Kier molecular flexibility index (Phi) is 1.90. The van der Waals surface area contributed by atoms with E-state index in [1.165, 1.54) is 0 Å². The number of hydrogen-bond donors (Lipinski definition) is 4. The Morgan fingerprint density at radius 1 is 1.00 bits per heavy atom. The van der Waals surface area contributed by atoms with Crippen molar-refractivity contribution in [2.75, 3.05) is 11.5 Å². The van der Waals surface area contributed by atoms with Crippen molar-refractivity contribution in [1.29, 1.82) is 0 Å². The first-order valence-electron chi connectivity index (χ1n) is 2.94. The summed E-state index contributed by atoms with van der Waals surface area (Å²) in [5.41, 5.74) is 20.6. The first-order chi connectivity index (χ1) is 5.58. The van der Waals surface area contributed by atoms with Crippen LogP contribution in [0.15, 0.2) is 4.99 Å². The lowest BCUT2D eigenvalue weighted by atomic mass is 10.8. The van der Waals surface area contributed by atoms with E-state index in [2.05, 4.69) is 19.9 Å². The van der Waals surface area contributed by atoms with E-state index in [-0.39, 0.29) is 23.8 Å². The summed E-state index contributed by atoms with van der Waals surface area (Å²) in [7, 11) is 0. The molecular formula is C4H8N8. The molecule has 8 N–H and O–H groups in total. The molecule has 8 nitrogen and oxygen atoms in total. The van der Waals surface area contributed by atoms with E-state index in [1.54, 1.807) is 0 Å². The Balaban J connectivity index is 3.09. The molecule has 0 unspecified atom stereocenters. The highest BCUT2D eigenvalue weighted by molar-refractivity contribution is 5.78. The van der Waals surface area contributed by atoms with Crippen molar-refractivity contribution >= 4 is 23.8 Å². The highest BCUT2D eigenvalue weighted by atomic mass is 15.2. The molecule has 0 aromatic carbocycles. The van der Waals surface area contributed by atoms with E-state index in [9.17, 15) is 0 Å². The van der Waals surface area contributed by atoms with Gasteiger partial charge in [0.2, 0.25) is 11.9 Å². The molecule has 0 radical (unpaired) electrons. The number of nitrogens with two attached hydrogens (primary N) is 4. The Bertz CT molecular complexity index is 293. The first-order valence-corrected chi connectivity index (χ1v) is 2.94. The maximum absolute atomic E-state index is 5.24. The minimum Gasteiger partial charge on any atom is -0.370 e. The summed E-state index contributed by atoms with van der Waals surface area (Å²) in [6.07, 6.45) is 0. The van der Waals surface area contributed by atoms with E-state index in [4.69, 9.17) is 22.9 Å². The van der Waals surface area contributed by atoms with Crippen molar-refractivity contribution < 1.29 is 0 Å². The van der Waals surface area contributed by atoms with Crippen molar-refractivity contribution in [1.82, 2.24) is 15.0 Å². The molecule has 0 aliphatic rings. The summed E-state index contributed by atoms with van der Waals surface area (Å²) in [5.74, 6) is -0.218. The largest absolute Gasteiger partial charge is 0.370 e. The molecule has 1 aromatic heterocycles. The van der Waals surface area contributed by atoms with E-state index in [1.807, 2.05) is 0 Å². The number of nitrogens with zero attached hydrogens (tertiary/aromatic N) is 4. The van der Waals surface area contributed by atoms with Crippen LogP contribution in [0.2, 0.25) is 0 Å². The molecule has 0 saturated carbocycles. The van der Waals surface area contributed by atoms with Gasteiger partial charge in [-0.2, -0.15) is 19.9 Å². The Morgan fingerprint density at radius 2 is 1.50 bits per heavy atom. The molecule has 0 saturated heterocycles. The fourth-order valence-electron chi connectivity index (χ4n) is 0.563. The predicted molar refractivity (Wildman–Crippen MR) is 44.1 cm³/mol. The molecule has 1 rings (SSSR count). The van der Waals surface area contributed by atoms with Gasteiger partial charge < -0.3 is 22.9 Å². The molecule has 0 atom stereocenters. The smallest absolute Gasteiger partial charge is 0.259 e. The van der Waals surface area contributed by atoms with Crippen molar-refractivity contribution in [2.45, 2.75) is 0 Å². The third-order valence-corrected chi connectivity index (χ3v) is 0.887. The van der Waals surface area contributed by atoms with Crippen LogP contribution in [0.3, 0.4) is 0 Å². The molecule has 0 spiro atoms. The van der Waals surface area contributed by atoms with Crippen molar-refractivity contribution in [3.05, 3.63) is 0 Å². The standard InChI is InChI=1S/C4H8N8/c5-1(6)9-4-11-2(7)10-3(8)12-4/h(H8,5,6,7,8,9,10,11,12). The van der Waals surface area contributed by atoms with Gasteiger partial charge in [0.05, 0.1) is 0 Å². The van der Waals surface area contributed by atoms with Crippen molar-refractivity contribution in [2.24, 2.45) is 16.5 Å². The highest BCUT2D eigenvalue weighted by Gasteiger charge is 1.98. The SMILES string of the molecule is NC(N)=Nc1nc(N)nc(N)n1. The Hall–Kier alpha value is -2.12. The molecule has 0 aliphatic heterocycles. The Morgan fingerprint density at radius 3 is 1.92 bits per heavy atom. The van der Waals surface area contributed by atoms with Gasteiger partial charge in [0, 0.05) is 0 Å². The second-order valence-corrected chi connectivity index (χ2v) is 1.89. The zero-order chi connectivity index (χ0) is 9.14. The lowest BCUT2D eigenvalue weighted by Crippen LogP contribution is -2.22. The average Bonchev–Trinajstić information content (AvgIpc) is 1.81. The third kappa shape index (κ3) is 1.94. The molecule has 0 bridgehead atoms. The number of rotatable bonds is 1. The van der Waals surface area contributed by atoms with Crippen LogP contribution in [0.25, 0.3) is 0 Å². The highest BCUT2D eigenvalue weighted by Crippen LogP contribution is 2.05. The van der Waals surface area contributed by atoms with Crippen molar-refractivity contribution in [3.8, 4) is 0 Å². The van der Waals surface area contributed by atoms with E-state index >= 15 is 0 Å². The lowest BCUT2D eigenvalue weighted by Gasteiger charge is -1.96. The van der Waals surface area contributed by atoms with Crippen LogP contribution >= 0.6 is 0 Å². The molecule has 8 heteroatoms. The maximum Gasteiger partial charge on any atom is 0.259 e. The number of guanidine groups is 1. The molecule has 1 aromatic rings. The lowest BCUT2D eigenvalue weighted by molar-refractivity contribution is 1.06. The normalized spacial score (nSPS) is 9.33. The van der Waals surface area contributed by atoms with Crippen LogP contribution in [0.1, 0.15) is 0 Å². The van der Waals surface area contributed by atoms with Gasteiger partial charge in [-0.3, -0.25) is 0 Å². The van der Waals surface area contributed by atoms with E-state index < -0.39 is 0 Å². The topological polar surface area (TPSA) is 155 Å². The minimum absolute atomic E-state index is 0.000000000000000444. The molecule has 0 fully saturated rings. The van der Waals surface area contributed by atoms with E-state index in [0.717, 1.165) is 0 Å². The summed E-state index contributed by atoms with van der Waals surface area (Å²) in [6.45, 7) is 0. The molecule has 64 valence electrons.